The lowest BCUT2D eigenvalue weighted by Crippen LogP contribution is -2.40. The molecule has 0 bridgehead atoms. The van der Waals surface area contributed by atoms with E-state index in [0.29, 0.717) is 18.0 Å². The van der Waals surface area contributed by atoms with Crippen molar-refractivity contribution in [2.24, 2.45) is 5.92 Å². The minimum atomic E-state index is -3.49. The minimum Gasteiger partial charge on any atom is -0.337 e. The van der Waals surface area contributed by atoms with Crippen molar-refractivity contribution in [3.05, 3.63) is 29.8 Å². The third-order valence-electron chi connectivity index (χ3n) is 4.99. The van der Waals surface area contributed by atoms with Crippen molar-refractivity contribution in [3.8, 4) is 0 Å². The van der Waals surface area contributed by atoms with Crippen LogP contribution in [0.5, 0.6) is 0 Å². The van der Waals surface area contributed by atoms with Crippen LogP contribution in [0.4, 0.5) is 0 Å². The molecular weight excluding hydrogens is 350 g/mol. The van der Waals surface area contributed by atoms with Crippen molar-refractivity contribution in [3.63, 3.8) is 0 Å². The van der Waals surface area contributed by atoms with Gasteiger partial charge in [-0.25, -0.2) is 13.1 Å². The molecule has 0 unspecified atom stereocenters. The number of carbonyl (C=O) groups is 1. The second-order valence-corrected chi connectivity index (χ2v) is 9.18. The molecule has 0 aromatic heterocycles. The maximum atomic E-state index is 13.0. The van der Waals surface area contributed by atoms with E-state index >= 15 is 0 Å². The maximum Gasteiger partial charge on any atom is 0.253 e. The lowest BCUT2D eigenvalue weighted by atomic mass is 9.89. The van der Waals surface area contributed by atoms with E-state index in [9.17, 15) is 13.2 Å². The molecule has 1 aliphatic carbocycles. The number of nitrogens with zero attached hydrogens (tertiary/aromatic N) is 2. The van der Waals surface area contributed by atoms with Gasteiger partial charge in [-0.1, -0.05) is 19.3 Å². The molecule has 1 aromatic carbocycles. The van der Waals surface area contributed by atoms with E-state index in [-0.39, 0.29) is 10.8 Å². The van der Waals surface area contributed by atoms with Crippen LogP contribution in [-0.4, -0.2) is 64.9 Å². The molecular formula is C19H31N3O3S. The van der Waals surface area contributed by atoms with Crippen LogP contribution in [0.1, 0.15) is 42.5 Å². The van der Waals surface area contributed by atoms with Crippen LogP contribution in [0.3, 0.4) is 0 Å². The normalized spacial score (nSPS) is 16.0. The Balaban J connectivity index is 2.13. The van der Waals surface area contributed by atoms with Gasteiger partial charge in [-0.3, -0.25) is 4.79 Å². The van der Waals surface area contributed by atoms with Gasteiger partial charge in [0, 0.05) is 25.2 Å². The maximum absolute atomic E-state index is 13.0. The molecule has 2 rings (SSSR count). The van der Waals surface area contributed by atoms with Gasteiger partial charge in [0.15, 0.2) is 0 Å². The number of carbonyl (C=O) groups excluding carboxylic acids is 1. The van der Waals surface area contributed by atoms with Gasteiger partial charge in [-0.2, -0.15) is 0 Å². The SMILES string of the molecule is CNS(=O)(=O)c1ccc(C(=O)N(CCN(C)C)CC2CCCCC2)cc1. The van der Waals surface area contributed by atoms with Crippen molar-refractivity contribution in [1.29, 1.82) is 0 Å². The number of likely N-dealkylation sites (N-methyl/N-ethyl adjacent to an activating group) is 1. The van der Waals surface area contributed by atoms with E-state index < -0.39 is 10.0 Å². The Morgan fingerprint density at radius 1 is 1.08 bits per heavy atom. The summed E-state index contributed by atoms with van der Waals surface area (Å²) in [5.41, 5.74) is 0.537. The van der Waals surface area contributed by atoms with Crippen LogP contribution in [0.2, 0.25) is 0 Å². The second-order valence-electron chi connectivity index (χ2n) is 7.29. The first-order valence-electron chi connectivity index (χ1n) is 9.31. The lowest BCUT2D eigenvalue weighted by Gasteiger charge is -2.30. The van der Waals surface area contributed by atoms with E-state index in [1.54, 1.807) is 12.1 Å². The molecule has 146 valence electrons. The van der Waals surface area contributed by atoms with Crippen LogP contribution in [-0.2, 0) is 10.0 Å². The predicted octanol–water partition coefficient (Wildman–Crippen LogP) is 2.18. The van der Waals surface area contributed by atoms with Crippen molar-refractivity contribution in [2.75, 3.05) is 40.8 Å². The van der Waals surface area contributed by atoms with Gasteiger partial charge in [-0.15, -0.1) is 0 Å². The quantitative estimate of drug-likeness (QED) is 0.749. The van der Waals surface area contributed by atoms with Crippen molar-refractivity contribution in [1.82, 2.24) is 14.5 Å². The standard InChI is InChI=1S/C19H31N3O3S/c1-20-26(24,25)18-11-9-17(10-12-18)19(23)22(14-13-21(2)3)15-16-7-5-4-6-8-16/h9-12,16,20H,4-8,13-15H2,1-3H3. The smallest absolute Gasteiger partial charge is 0.253 e. The fourth-order valence-corrected chi connectivity index (χ4v) is 4.09. The second kappa shape index (κ2) is 9.48. The number of sulfonamides is 1. The average molecular weight is 382 g/mol. The molecule has 7 heteroatoms. The summed E-state index contributed by atoms with van der Waals surface area (Å²) in [5.74, 6) is 0.546. The first kappa shape index (κ1) is 20.9. The van der Waals surface area contributed by atoms with Gasteiger partial charge >= 0.3 is 0 Å². The first-order chi connectivity index (χ1) is 12.3. The fourth-order valence-electron chi connectivity index (χ4n) is 3.35. The zero-order valence-electron chi connectivity index (χ0n) is 16.1. The van der Waals surface area contributed by atoms with Gasteiger partial charge in [0.05, 0.1) is 4.90 Å². The topological polar surface area (TPSA) is 69.7 Å². The molecule has 1 aromatic rings. The van der Waals surface area contributed by atoms with E-state index in [1.807, 2.05) is 19.0 Å². The van der Waals surface area contributed by atoms with Crippen molar-refractivity contribution < 1.29 is 13.2 Å². The summed E-state index contributed by atoms with van der Waals surface area (Å²) >= 11 is 0. The molecule has 1 amide bonds. The van der Waals surface area contributed by atoms with E-state index in [4.69, 9.17) is 0 Å². The zero-order chi connectivity index (χ0) is 19.2. The van der Waals surface area contributed by atoms with Crippen LogP contribution in [0.15, 0.2) is 29.2 Å². The average Bonchev–Trinajstić information content (AvgIpc) is 2.65. The van der Waals surface area contributed by atoms with Crippen molar-refractivity contribution >= 4 is 15.9 Å². The highest BCUT2D eigenvalue weighted by Crippen LogP contribution is 2.25. The summed E-state index contributed by atoms with van der Waals surface area (Å²) in [5, 5.41) is 0. The monoisotopic (exact) mass is 381 g/mol. The van der Waals surface area contributed by atoms with E-state index in [1.165, 1.54) is 51.3 Å². The Morgan fingerprint density at radius 2 is 1.69 bits per heavy atom. The number of hydrogen-bond acceptors (Lipinski definition) is 4. The van der Waals surface area contributed by atoms with E-state index in [0.717, 1.165) is 13.1 Å². The van der Waals surface area contributed by atoms with Crippen molar-refractivity contribution in [2.45, 2.75) is 37.0 Å². The molecule has 1 fully saturated rings. The highest BCUT2D eigenvalue weighted by molar-refractivity contribution is 7.89. The van der Waals surface area contributed by atoms with Gasteiger partial charge in [0.25, 0.3) is 5.91 Å². The Kier molecular flexibility index (Phi) is 7.61. The molecule has 1 N–H and O–H groups in total. The molecule has 0 aliphatic heterocycles. The Labute approximate surface area is 157 Å². The molecule has 0 atom stereocenters. The lowest BCUT2D eigenvalue weighted by molar-refractivity contribution is 0.0701. The van der Waals surface area contributed by atoms with Crippen LogP contribution >= 0.6 is 0 Å². The number of amides is 1. The van der Waals surface area contributed by atoms with Crippen LogP contribution in [0.25, 0.3) is 0 Å². The summed E-state index contributed by atoms with van der Waals surface area (Å²) in [7, 11) is 1.89. The molecule has 0 heterocycles. The third-order valence-corrected chi connectivity index (χ3v) is 6.42. The zero-order valence-corrected chi connectivity index (χ0v) is 16.9. The first-order valence-corrected chi connectivity index (χ1v) is 10.8. The third kappa shape index (κ3) is 5.79. The Bertz CT molecular complexity index is 680. The molecule has 6 nitrogen and oxygen atoms in total. The Morgan fingerprint density at radius 3 is 2.23 bits per heavy atom. The molecule has 26 heavy (non-hydrogen) atoms. The number of rotatable bonds is 8. The summed E-state index contributed by atoms with van der Waals surface area (Å²) in [6.45, 7) is 2.27. The minimum absolute atomic E-state index is 0.0224. The molecule has 0 spiro atoms. The molecule has 1 saturated carbocycles. The predicted molar refractivity (Wildman–Crippen MR) is 104 cm³/mol. The molecule has 1 aliphatic rings. The molecule has 0 radical (unpaired) electrons. The van der Waals surface area contributed by atoms with E-state index in [2.05, 4.69) is 9.62 Å². The largest absolute Gasteiger partial charge is 0.337 e. The number of nitrogens with one attached hydrogen (secondary N) is 1. The highest BCUT2D eigenvalue weighted by Gasteiger charge is 2.22. The highest BCUT2D eigenvalue weighted by atomic mass is 32.2. The number of hydrogen-bond donors (Lipinski definition) is 1. The number of benzene rings is 1. The summed E-state index contributed by atoms with van der Waals surface area (Å²) in [6, 6.07) is 6.19. The summed E-state index contributed by atoms with van der Waals surface area (Å²) in [6.07, 6.45) is 6.16. The van der Waals surface area contributed by atoms with Crippen LogP contribution < -0.4 is 4.72 Å². The summed E-state index contributed by atoms with van der Waals surface area (Å²) < 4.78 is 26.0. The summed E-state index contributed by atoms with van der Waals surface area (Å²) in [4.78, 5) is 17.2. The van der Waals surface area contributed by atoms with Crippen LogP contribution in [0, 0.1) is 5.92 Å². The fraction of sp³-hybridized carbons (Fsp3) is 0.632. The Hall–Kier alpha value is -1.44. The van der Waals surface area contributed by atoms with Gasteiger partial charge < -0.3 is 9.80 Å². The molecule has 0 saturated heterocycles. The van der Waals surface area contributed by atoms with Gasteiger partial charge in [-0.05, 0) is 64.2 Å². The van der Waals surface area contributed by atoms with Gasteiger partial charge in [0.2, 0.25) is 10.0 Å². The van der Waals surface area contributed by atoms with Gasteiger partial charge in [0.1, 0.15) is 0 Å².